The molecule has 6 nitrogen and oxygen atoms in total. The summed E-state index contributed by atoms with van der Waals surface area (Å²) in [4.78, 5) is 17.2. The molecule has 1 heterocycles. The van der Waals surface area contributed by atoms with E-state index in [0.717, 1.165) is 44.8 Å². The normalized spacial score (nSPS) is 14.5. The highest BCUT2D eigenvalue weighted by Crippen LogP contribution is 2.27. The molecule has 1 fully saturated rings. The number of nitrogens with one attached hydrogen (secondary N) is 1. The zero-order valence-electron chi connectivity index (χ0n) is 17.0. The van der Waals surface area contributed by atoms with E-state index in [4.69, 9.17) is 9.47 Å². The summed E-state index contributed by atoms with van der Waals surface area (Å²) >= 11 is 0. The fourth-order valence-corrected chi connectivity index (χ4v) is 3.55. The summed E-state index contributed by atoms with van der Waals surface area (Å²) < 4.78 is 23.6. The molecule has 3 rings (SSSR count). The summed E-state index contributed by atoms with van der Waals surface area (Å²) in [5.74, 6) is 0.595. The summed E-state index contributed by atoms with van der Waals surface area (Å²) in [6.45, 7) is 5.23. The van der Waals surface area contributed by atoms with E-state index in [0.29, 0.717) is 23.6 Å². The van der Waals surface area contributed by atoms with Crippen LogP contribution >= 0.6 is 0 Å². The van der Waals surface area contributed by atoms with Crippen LogP contribution in [0.5, 0.6) is 11.5 Å². The Labute approximate surface area is 171 Å². The number of piperazine rings is 1. The monoisotopic (exact) mass is 401 g/mol. The van der Waals surface area contributed by atoms with Crippen molar-refractivity contribution in [1.82, 2.24) is 10.2 Å². The van der Waals surface area contributed by atoms with Crippen molar-refractivity contribution in [3.8, 4) is 11.5 Å². The Hall–Kier alpha value is -2.80. The minimum atomic E-state index is -0.208. The lowest BCUT2D eigenvalue weighted by atomic mass is 10.1. The third-order valence-corrected chi connectivity index (χ3v) is 5.16. The van der Waals surface area contributed by atoms with Gasteiger partial charge in [0.1, 0.15) is 22.9 Å². The Morgan fingerprint density at radius 3 is 2.21 bits per heavy atom. The van der Waals surface area contributed by atoms with E-state index in [9.17, 15) is 9.18 Å². The molecule has 0 radical (unpaired) electrons. The minimum absolute atomic E-state index is 0.194. The third-order valence-electron chi connectivity index (χ3n) is 5.16. The first-order chi connectivity index (χ1) is 14.1. The van der Waals surface area contributed by atoms with Crippen LogP contribution in [0.1, 0.15) is 16.8 Å². The van der Waals surface area contributed by atoms with Crippen LogP contribution in [0.4, 0.5) is 10.1 Å². The largest absolute Gasteiger partial charge is 0.496 e. The van der Waals surface area contributed by atoms with Crippen molar-refractivity contribution in [2.45, 2.75) is 6.42 Å². The predicted octanol–water partition coefficient (Wildman–Crippen LogP) is 2.79. The van der Waals surface area contributed by atoms with E-state index in [2.05, 4.69) is 15.1 Å². The summed E-state index contributed by atoms with van der Waals surface area (Å²) in [6.07, 6.45) is 0.861. The second kappa shape index (κ2) is 10.1. The first-order valence-electron chi connectivity index (χ1n) is 9.84. The van der Waals surface area contributed by atoms with E-state index in [-0.39, 0.29) is 11.7 Å². The van der Waals surface area contributed by atoms with Gasteiger partial charge in [-0.1, -0.05) is 6.07 Å². The van der Waals surface area contributed by atoms with Crippen LogP contribution in [0.15, 0.2) is 42.5 Å². The molecule has 156 valence electrons. The molecule has 1 aliphatic rings. The number of anilines is 1. The number of carbonyl (C=O) groups is 1. The lowest BCUT2D eigenvalue weighted by Crippen LogP contribution is -2.47. The Morgan fingerprint density at radius 2 is 1.62 bits per heavy atom. The van der Waals surface area contributed by atoms with Gasteiger partial charge in [-0.25, -0.2) is 4.39 Å². The van der Waals surface area contributed by atoms with Gasteiger partial charge in [0.05, 0.1) is 14.2 Å². The summed E-state index contributed by atoms with van der Waals surface area (Å²) in [5, 5.41) is 2.96. The quantitative estimate of drug-likeness (QED) is 0.690. The Kier molecular flexibility index (Phi) is 7.30. The van der Waals surface area contributed by atoms with Crippen molar-refractivity contribution in [2.24, 2.45) is 0 Å². The van der Waals surface area contributed by atoms with Crippen LogP contribution in [-0.4, -0.2) is 64.3 Å². The minimum Gasteiger partial charge on any atom is -0.496 e. The highest BCUT2D eigenvalue weighted by atomic mass is 19.1. The van der Waals surface area contributed by atoms with E-state index in [1.807, 2.05) is 12.1 Å². The number of carbonyl (C=O) groups excluding carboxylic acids is 1. The molecule has 0 unspecified atom stereocenters. The fourth-order valence-electron chi connectivity index (χ4n) is 3.55. The van der Waals surface area contributed by atoms with E-state index in [1.54, 1.807) is 18.2 Å². The predicted molar refractivity (Wildman–Crippen MR) is 112 cm³/mol. The molecule has 0 saturated carbocycles. The summed E-state index contributed by atoms with van der Waals surface area (Å²) in [6, 6.07) is 11.9. The number of hydrogen-bond donors (Lipinski definition) is 1. The van der Waals surface area contributed by atoms with Crippen LogP contribution < -0.4 is 19.7 Å². The molecule has 1 aliphatic heterocycles. The molecule has 0 spiro atoms. The molecule has 29 heavy (non-hydrogen) atoms. The van der Waals surface area contributed by atoms with Crippen LogP contribution in [-0.2, 0) is 0 Å². The van der Waals surface area contributed by atoms with Gasteiger partial charge in [-0.15, -0.1) is 0 Å². The molecular weight excluding hydrogens is 373 g/mol. The fraction of sp³-hybridized carbons (Fsp3) is 0.409. The van der Waals surface area contributed by atoms with E-state index in [1.165, 1.54) is 26.4 Å². The molecule has 0 aromatic heterocycles. The van der Waals surface area contributed by atoms with Gasteiger partial charge in [0.15, 0.2) is 0 Å². The molecule has 7 heteroatoms. The maximum atomic E-state index is 13.1. The topological polar surface area (TPSA) is 54.0 Å². The van der Waals surface area contributed by atoms with Gasteiger partial charge in [0.25, 0.3) is 5.91 Å². The number of methoxy groups -OCH3 is 2. The zero-order chi connectivity index (χ0) is 20.6. The van der Waals surface area contributed by atoms with Crippen molar-refractivity contribution in [3.05, 3.63) is 53.8 Å². The van der Waals surface area contributed by atoms with E-state index < -0.39 is 0 Å². The van der Waals surface area contributed by atoms with Crippen molar-refractivity contribution < 1.29 is 18.7 Å². The molecule has 1 N–H and O–H groups in total. The van der Waals surface area contributed by atoms with Crippen LogP contribution in [0.3, 0.4) is 0 Å². The Bertz CT molecular complexity index is 783. The maximum Gasteiger partial charge on any atom is 0.258 e. The number of halogens is 1. The van der Waals surface area contributed by atoms with Gasteiger partial charge in [0.2, 0.25) is 0 Å². The first kappa shape index (κ1) is 20.9. The summed E-state index contributed by atoms with van der Waals surface area (Å²) in [5.41, 5.74) is 1.48. The Morgan fingerprint density at radius 1 is 1.00 bits per heavy atom. The van der Waals surface area contributed by atoms with Crippen LogP contribution in [0, 0.1) is 5.82 Å². The van der Waals surface area contributed by atoms with Gasteiger partial charge in [0, 0.05) is 38.4 Å². The van der Waals surface area contributed by atoms with E-state index >= 15 is 0 Å². The average Bonchev–Trinajstić information content (AvgIpc) is 2.77. The maximum absolute atomic E-state index is 13.1. The SMILES string of the molecule is COc1cccc(OC)c1C(=O)NCCCN1CCN(c2ccc(F)cc2)CC1. The second-order valence-electron chi connectivity index (χ2n) is 6.95. The molecule has 0 bridgehead atoms. The number of nitrogens with zero attached hydrogens (tertiary/aromatic N) is 2. The highest BCUT2D eigenvalue weighted by molar-refractivity contribution is 5.99. The lowest BCUT2D eigenvalue weighted by molar-refractivity contribution is 0.0945. The van der Waals surface area contributed by atoms with Crippen molar-refractivity contribution in [3.63, 3.8) is 0 Å². The smallest absolute Gasteiger partial charge is 0.258 e. The number of benzene rings is 2. The molecule has 1 amide bonds. The standard InChI is InChI=1S/C22H28FN3O3/c1-28-19-5-3-6-20(29-2)21(19)22(27)24-11-4-12-25-13-15-26(16-14-25)18-9-7-17(23)8-10-18/h3,5-10H,4,11-16H2,1-2H3,(H,24,27). The number of ether oxygens (including phenoxy) is 2. The highest BCUT2D eigenvalue weighted by Gasteiger charge is 2.19. The lowest BCUT2D eigenvalue weighted by Gasteiger charge is -2.36. The van der Waals surface area contributed by atoms with Gasteiger partial charge < -0.3 is 19.7 Å². The number of hydrogen-bond acceptors (Lipinski definition) is 5. The first-order valence-corrected chi connectivity index (χ1v) is 9.84. The van der Waals surface area contributed by atoms with Crippen LogP contribution in [0.2, 0.25) is 0 Å². The van der Waals surface area contributed by atoms with Gasteiger partial charge in [-0.3, -0.25) is 9.69 Å². The molecule has 2 aromatic carbocycles. The van der Waals surface area contributed by atoms with Gasteiger partial charge in [-0.05, 0) is 49.4 Å². The number of rotatable bonds is 8. The Balaban J connectivity index is 1.41. The van der Waals surface area contributed by atoms with Crippen LogP contribution in [0.25, 0.3) is 0 Å². The summed E-state index contributed by atoms with van der Waals surface area (Å²) in [7, 11) is 3.08. The van der Waals surface area contributed by atoms with Crippen molar-refractivity contribution in [2.75, 3.05) is 58.4 Å². The van der Waals surface area contributed by atoms with Crippen molar-refractivity contribution in [1.29, 1.82) is 0 Å². The molecule has 1 saturated heterocycles. The molecule has 0 aliphatic carbocycles. The third kappa shape index (κ3) is 5.38. The molecule has 0 atom stereocenters. The second-order valence-corrected chi connectivity index (χ2v) is 6.95. The number of amides is 1. The van der Waals surface area contributed by atoms with Crippen molar-refractivity contribution >= 4 is 11.6 Å². The molecular formula is C22H28FN3O3. The van der Waals surface area contributed by atoms with Gasteiger partial charge in [-0.2, -0.15) is 0 Å². The zero-order valence-corrected chi connectivity index (χ0v) is 17.0. The molecule has 2 aromatic rings. The van der Waals surface area contributed by atoms with Gasteiger partial charge >= 0.3 is 0 Å². The average molecular weight is 401 g/mol.